The fourth-order valence-electron chi connectivity index (χ4n) is 3.05. The molecule has 0 saturated carbocycles. The van der Waals surface area contributed by atoms with E-state index in [0.717, 1.165) is 13.1 Å². The van der Waals surface area contributed by atoms with E-state index in [1.54, 1.807) is 0 Å². The van der Waals surface area contributed by atoms with E-state index < -0.39 is 0 Å². The lowest BCUT2D eigenvalue weighted by Gasteiger charge is -2.44. The predicted molar refractivity (Wildman–Crippen MR) is 77.7 cm³/mol. The summed E-state index contributed by atoms with van der Waals surface area (Å²) in [5.74, 6) is 0.639. The molecule has 1 saturated heterocycles. The Morgan fingerprint density at radius 1 is 1.17 bits per heavy atom. The van der Waals surface area contributed by atoms with Crippen LogP contribution < -0.4 is 5.32 Å². The molecule has 1 heterocycles. The highest BCUT2D eigenvalue weighted by molar-refractivity contribution is 5.20. The summed E-state index contributed by atoms with van der Waals surface area (Å²) in [5.41, 5.74) is 1.45. The summed E-state index contributed by atoms with van der Waals surface area (Å²) in [6, 6.07) is 12.7. The number of nitrogens with one attached hydrogen (secondary N) is 1. The molecule has 0 aliphatic carbocycles. The molecular formula is C16H26N2. The summed E-state index contributed by atoms with van der Waals surface area (Å²) in [6.07, 6.45) is 0. The Hall–Kier alpha value is -0.860. The van der Waals surface area contributed by atoms with E-state index in [0.29, 0.717) is 24.0 Å². The van der Waals surface area contributed by atoms with Gasteiger partial charge in [-0.15, -0.1) is 0 Å². The zero-order valence-corrected chi connectivity index (χ0v) is 12.1. The van der Waals surface area contributed by atoms with Gasteiger partial charge in [-0.2, -0.15) is 0 Å². The maximum absolute atomic E-state index is 3.57. The molecule has 1 aromatic carbocycles. The molecular weight excluding hydrogens is 220 g/mol. The molecule has 0 bridgehead atoms. The Morgan fingerprint density at radius 3 is 2.44 bits per heavy atom. The van der Waals surface area contributed by atoms with Crippen LogP contribution in [0.15, 0.2) is 30.3 Å². The third kappa shape index (κ3) is 2.93. The molecule has 3 unspecified atom stereocenters. The van der Waals surface area contributed by atoms with Crippen LogP contribution in [0.1, 0.15) is 39.3 Å². The zero-order valence-electron chi connectivity index (χ0n) is 12.1. The van der Waals surface area contributed by atoms with Crippen LogP contribution in [0.4, 0.5) is 0 Å². The second-order valence-corrected chi connectivity index (χ2v) is 5.95. The van der Waals surface area contributed by atoms with Crippen LogP contribution in [0.5, 0.6) is 0 Å². The van der Waals surface area contributed by atoms with Crippen molar-refractivity contribution in [2.45, 2.75) is 45.8 Å². The van der Waals surface area contributed by atoms with Gasteiger partial charge in [0.2, 0.25) is 0 Å². The van der Waals surface area contributed by atoms with E-state index in [9.17, 15) is 0 Å². The fourth-order valence-corrected chi connectivity index (χ4v) is 3.05. The lowest BCUT2D eigenvalue weighted by Crippen LogP contribution is -2.55. The summed E-state index contributed by atoms with van der Waals surface area (Å²) in [7, 11) is 0. The van der Waals surface area contributed by atoms with Crippen molar-refractivity contribution in [1.29, 1.82) is 0 Å². The van der Waals surface area contributed by atoms with Crippen LogP contribution >= 0.6 is 0 Å². The summed E-state index contributed by atoms with van der Waals surface area (Å²) in [6.45, 7) is 11.5. The first-order valence-corrected chi connectivity index (χ1v) is 7.13. The molecule has 0 aromatic heterocycles. The Bertz CT molecular complexity index is 361. The minimum absolute atomic E-state index is 0.533. The van der Waals surface area contributed by atoms with Crippen molar-refractivity contribution in [1.82, 2.24) is 10.2 Å². The van der Waals surface area contributed by atoms with E-state index in [1.165, 1.54) is 5.56 Å². The van der Waals surface area contributed by atoms with Crippen molar-refractivity contribution in [3.8, 4) is 0 Å². The average Bonchev–Trinajstić information content (AvgIpc) is 2.35. The molecule has 2 nitrogen and oxygen atoms in total. The van der Waals surface area contributed by atoms with Crippen LogP contribution in [-0.4, -0.2) is 30.1 Å². The van der Waals surface area contributed by atoms with Gasteiger partial charge in [0.25, 0.3) is 0 Å². The maximum atomic E-state index is 3.57. The second-order valence-electron chi connectivity index (χ2n) is 5.95. The number of nitrogens with zero attached hydrogens (tertiary/aromatic N) is 1. The second kappa shape index (κ2) is 5.85. The van der Waals surface area contributed by atoms with Crippen LogP contribution in [0, 0.1) is 5.92 Å². The molecule has 18 heavy (non-hydrogen) atoms. The van der Waals surface area contributed by atoms with Crippen molar-refractivity contribution in [3.05, 3.63) is 35.9 Å². The molecule has 1 N–H and O–H groups in total. The van der Waals surface area contributed by atoms with Gasteiger partial charge in [-0.3, -0.25) is 4.90 Å². The number of hydrogen-bond acceptors (Lipinski definition) is 2. The first-order valence-electron chi connectivity index (χ1n) is 7.13. The third-order valence-electron chi connectivity index (χ3n) is 3.94. The minimum Gasteiger partial charge on any atom is -0.311 e. The molecule has 0 amide bonds. The summed E-state index contributed by atoms with van der Waals surface area (Å²) < 4.78 is 0. The molecule has 1 aliphatic rings. The Morgan fingerprint density at radius 2 is 1.83 bits per heavy atom. The minimum atomic E-state index is 0.533. The largest absolute Gasteiger partial charge is 0.311 e. The van der Waals surface area contributed by atoms with Crippen molar-refractivity contribution in [2.75, 3.05) is 13.1 Å². The quantitative estimate of drug-likeness (QED) is 0.882. The van der Waals surface area contributed by atoms with Gasteiger partial charge < -0.3 is 5.32 Å². The number of piperazine rings is 1. The highest BCUT2D eigenvalue weighted by Gasteiger charge is 2.31. The SMILES string of the molecule is CC1CN(C(c2ccccc2)C(C)C)C(C)CN1. The van der Waals surface area contributed by atoms with E-state index >= 15 is 0 Å². The van der Waals surface area contributed by atoms with Crippen molar-refractivity contribution in [2.24, 2.45) is 5.92 Å². The van der Waals surface area contributed by atoms with E-state index in [4.69, 9.17) is 0 Å². The standard InChI is InChI=1S/C16H26N2/c1-12(2)16(15-8-6-5-7-9-15)18-11-13(3)17-10-14(18)4/h5-9,12-14,16-17H,10-11H2,1-4H3. The number of rotatable bonds is 3. The van der Waals surface area contributed by atoms with Gasteiger partial charge in [0.15, 0.2) is 0 Å². The highest BCUT2D eigenvalue weighted by Crippen LogP contribution is 2.31. The summed E-state index contributed by atoms with van der Waals surface area (Å²) in [4.78, 5) is 2.67. The molecule has 2 heteroatoms. The number of hydrogen-bond donors (Lipinski definition) is 1. The molecule has 1 aliphatic heterocycles. The molecule has 1 aromatic rings. The summed E-state index contributed by atoms with van der Waals surface area (Å²) >= 11 is 0. The fraction of sp³-hybridized carbons (Fsp3) is 0.625. The molecule has 0 spiro atoms. The third-order valence-corrected chi connectivity index (χ3v) is 3.94. The Labute approximate surface area is 111 Å². The van der Waals surface area contributed by atoms with Crippen LogP contribution in [0.2, 0.25) is 0 Å². The topological polar surface area (TPSA) is 15.3 Å². The van der Waals surface area contributed by atoms with Crippen LogP contribution in [-0.2, 0) is 0 Å². The Kier molecular flexibility index (Phi) is 4.41. The van der Waals surface area contributed by atoms with E-state index in [-0.39, 0.29) is 0 Å². The van der Waals surface area contributed by atoms with Gasteiger partial charge in [-0.25, -0.2) is 0 Å². The van der Waals surface area contributed by atoms with Gasteiger partial charge >= 0.3 is 0 Å². The van der Waals surface area contributed by atoms with Gasteiger partial charge in [-0.05, 0) is 25.3 Å². The zero-order chi connectivity index (χ0) is 13.1. The smallest absolute Gasteiger partial charge is 0.0375 e. The van der Waals surface area contributed by atoms with Crippen LogP contribution in [0.25, 0.3) is 0 Å². The van der Waals surface area contributed by atoms with Crippen molar-refractivity contribution in [3.63, 3.8) is 0 Å². The Balaban J connectivity index is 2.24. The van der Waals surface area contributed by atoms with E-state index in [2.05, 4.69) is 68.2 Å². The lowest BCUT2D eigenvalue weighted by molar-refractivity contribution is 0.0698. The lowest BCUT2D eigenvalue weighted by atomic mass is 9.92. The van der Waals surface area contributed by atoms with Gasteiger partial charge in [0.05, 0.1) is 0 Å². The summed E-state index contributed by atoms with van der Waals surface area (Å²) in [5, 5.41) is 3.57. The van der Waals surface area contributed by atoms with Crippen molar-refractivity contribution < 1.29 is 0 Å². The highest BCUT2D eigenvalue weighted by atomic mass is 15.3. The molecule has 100 valence electrons. The van der Waals surface area contributed by atoms with Gasteiger partial charge in [0.1, 0.15) is 0 Å². The molecule has 1 fully saturated rings. The predicted octanol–water partition coefficient (Wildman–Crippen LogP) is 3.07. The van der Waals surface area contributed by atoms with Crippen molar-refractivity contribution >= 4 is 0 Å². The van der Waals surface area contributed by atoms with Gasteiger partial charge in [0, 0.05) is 31.2 Å². The molecule has 0 radical (unpaired) electrons. The maximum Gasteiger partial charge on any atom is 0.0375 e. The molecule has 3 atom stereocenters. The van der Waals surface area contributed by atoms with Crippen LogP contribution in [0.3, 0.4) is 0 Å². The monoisotopic (exact) mass is 246 g/mol. The van der Waals surface area contributed by atoms with E-state index in [1.807, 2.05) is 0 Å². The number of benzene rings is 1. The van der Waals surface area contributed by atoms with Gasteiger partial charge in [-0.1, -0.05) is 44.2 Å². The first kappa shape index (κ1) is 13.6. The molecule has 2 rings (SSSR count). The first-order chi connectivity index (χ1) is 8.59. The normalized spacial score (nSPS) is 27.4. The average molecular weight is 246 g/mol.